The molecule has 0 radical (unpaired) electrons. The van der Waals surface area contributed by atoms with Crippen molar-refractivity contribution in [2.75, 3.05) is 6.61 Å². The fourth-order valence-corrected chi connectivity index (χ4v) is 1.82. The summed E-state index contributed by atoms with van der Waals surface area (Å²) in [6.07, 6.45) is 3.37. The number of ether oxygens (including phenoxy) is 2. The number of carbonyl (C=O) groups excluding carboxylic acids is 2. The van der Waals surface area contributed by atoms with E-state index in [1.807, 2.05) is 0 Å². The molecule has 1 aliphatic heterocycles. The molecule has 0 aromatic carbocycles. The van der Waals surface area contributed by atoms with Crippen molar-refractivity contribution in [3.05, 3.63) is 11.6 Å². The van der Waals surface area contributed by atoms with Crippen molar-refractivity contribution >= 4 is 12.1 Å². The summed E-state index contributed by atoms with van der Waals surface area (Å²) in [6, 6.07) is -0.284. The van der Waals surface area contributed by atoms with Crippen LogP contribution < -0.4 is 5.32 Å². The number of esters is 1. The molecule has 0 spiro atoms. The Balaban J connectivity index is 1.93. The molecule has 0 bridgehead atoms. The molecular formula is C13H19NO4. The lowest BCUT2D eigenvalue weighted by atomic mass is 10.1. The number of amides is 1. The average molecular weight is 253 g/mol. The maximum absolute atomic E-state index is 11.6. The summed E-state index contributed by atoms with van der Waals surface area (Å²) < 4.78 is 10.2. The number of hydrogen-bond acceptors (Lipinski definition) is 4. The van der Waals surface area contributed by atoms with Crippen molar-refractivity contribution in [3.63, 3.8) is 0 Å². The van der Waals surface area contributed by atoms with Gasteiger partial charge in [0, 0.05) is 5.57 Å². The molecule has 2 rings (SSSR count). The first-order chi connectivity index (χ1) is 8.35. The predicted octanol–water partition coefficient (Wildman–Crippen LogP) is 1.77. The average Bonchev–Trinajstić information content (AvgIpc) is 3.01. The van der Waals surface area contributed by atoms with Gasteiger partial charge in [0.2, 0.25) is 0 Å². The topological polar surface area (TPSA) is 64.6 Å². The van der Waals surface area contributed by atoms with E-state index in [1.165, 1.54) is 0 Å². The lowest BCUT2D eigenvalue weighted by molar-refractivity contribution is -0.140. The van der Waals surface area contributed by atoms with Gasteiger partial charge in [-0.2, -0.15) is 0 Å². The Labute approximate surface area is 107 Å². The lowest BCUT2D eigenvalue weighted by Crippen LogP contribution is -2.43. The second kappa shape index (κ2) is 4.63. The molecule has 0 unspecified atom stereocenters. The minimum atomic E-state index is -0.529. The van der Waals surface area contributed by atoms with E-state index in [4.69, 9.17) is 9.47 Å². The van der Waals surface area contributed by atoms with Gasteiger partial charge in [0.1, 0.15) is 12.2 Å². The third-order valence-corrected chi connectivity index (χ3v) is 2.73. The molecule has 1 aliphatic carbocycles. The Morgan fingerprint density at radius 1 is 1.44 bits per heavy atom. The summed E-state index contributed by atoms with van der Waals surface area (Å²) in [6.45, 7) is 5.59. The number of rotatable bonds is 2. The quantitative estimate of drug-likeness (QED) is 0.762. The molecule has 1 amide bonds. The molecule has 0 saturated heterocycles. The van der Waals surface area contributed by atoms with Crippen molar-refractivity contribution in [1.82, 2.24) is 5.32 Å². The van der Waals surface area contributed by atoms with Crippen molar-refractivity contribution in [1.29, 1.82) is 0 Å². The van der Waals surface area contributed by atoms with Crippen LogP contribution in [0.3, 0.4) is 0 Å². The van der Waals surface area contributed by atoms with Crippen molar-refractivity contribution in [3.8, 4) is 0 Å². The summed E-state index contributed by atoms with van der Waals surface area (Å²) in [7, 11) is 0. The van der Waals surface area contributed by atoms with Gasteiger partial charge in [-0.1, -0.05) is 0 Å². The van der Waals surface area contributed by atoms with Crippen molar-refractivity contribution < 1.29 is 19.1 Å². The summed E-state index contributed by atoms with van der Waals surface area (Å²) in [4.78, 5) is 23.1. The molecule has 1 saturated carbocycles. The smallest absolute Gasteiger partial charge is 0.408 e. The maximum atomic E-state index is 11.6. The largest absolute Gasteiger partial charge is 0.460 e. The third kappa shape index (κ3) is 3.48. The molecule has 2 aliphatic rings. The monoisotopic (exact) mass is 253 g/mol. The van der Waals surface area contributed by atoms with E-state index in [1.54, 1.807) is 26.8 Å². The molecule has 1 heterocycles. The Morgan fingerprint density at radius 3 is 2.67 bits per heavy atom. The van der Waals surface area contributed by atoms with Gasteiger partial charge in [-0.05, 0) is 45.6 Å². The van der Waals surface area contributed by atoms with Gasteiger partial charge < -0.3 is 14.8 Å². The SMILES string of the molecule is CC(C)(C)OC(=O)N[C@H]1C=C(C2CC2)C(=O)OC1. The summed E-state index contributed by atoms with van der Waals surface area (Å²) in [5.41, 5.74) is 0.167. The normalized spacial score (nSPS) is 24.1. The highest BCUT2D eigenvalue weighted by molar-refractivity contribution is 5.90. The highest BCUT2D eigenvalue weighted by Crippen LogP contribution is 2.38. The van der Waals surface area contributed by atoms with Gasteiger partial charge in [-0.3, -0.25) is 0 Å². The molecule has 5 nitrogen and oxygen atoms in total. The van der Waals surface area contributed by atoms with Crippen molar-refractivity contribution in [2.45, 2.75) is 45.3 Å². The Morgan fingerprint density at radius 2 is 2.11 bits per heavy atom. The number of cyclic esters (lactones) is 1. The summed E-state index contributed by atoms with van der Waals surface area (Å²) in [5.74, 6) is 0.0699. The maximum Gasteiger partial charge on any atom is 0.408 e. The summed E-state index contributed by atoms with van der Waals surface area (Å²) in [5, 5.41) is 2.69. The standard InChI is InChI=1S/C13H19NO4/c1-13(2,3)18-12(16)14-9-6-10(8-4-5-8)11(15)17-7-9/h6,8-9H,4-5,7H2,1-3H3,(H,14,16)/t9-/m0/s1. The fraction of sp³-hybridized carbons (Fsp3) is 0.692. The van der Waals surface area contributed by atoms with Crippen LogP contribution in [0.15, 0.2) is 11.6 Å². The van der Waals surface area contributed by atoms with Crippen LogP contribution >= 0.6 is 0 Å². The molecule has 1 N–H and O–H groups in total. The number of nitrogens with one attached hydrogen (secondary N) is 1. The number of carbonyl (C=O) groups is 2. The Bertz CT molecular complexity index is 390. The van der Waals surface area contributed by atoms with Crippen LogP contribution in [-0.4, -0.2) is 30.3 Å². The zero-order valence-corrected chi connectivity index (χ0v) is 11.0. The first-order valence-corrected chi connectivity index (χ1v) is 6.23. The van der Waals surface area contributed by atoms with Gasteiger partial charge in [0.05, 0.1) is 6.04 Å². The van der Waals surface area contributed by atoms with E-state index < -0.39 is 11.7 Å². The molecule has 0 aromatic heterocycles. The molecule has 5 heteroatoms. The first-order valence-electron chi connectivity index (χ1n) is 6.23. The highest BCUT2D eigenvalue weighted by Gasteiger charge is 2.35. The van der Waals surface area contributed by atoms with E-state index >= 15 is 0 Å². The molecule has 1 fully saturated rings. The van der Waals surface area contributed by atoms with Gasteiger partial charge >= 0.3 is 12.1 Å². The van der Waals surface area contributed by atoms with Gasteiger partial charge in [0.15, 0.2) is 0 Å². The second-order valence-electron chi connectivity index (χ2n) is 5.75. The van der Waals surface area contributed by atoms with Crippen LogP contribution in [0.4, 0.5) is 4.79 Å². The zero-order valence-electron chi connectivity index (χ0n) is 11.0. The third-order valence-electron chi connectivity index (χ3n) is 2.73. The van der Waals surface area contributed by atoms with Crippen LogP contribution in [0, 0.1) is 5.92 Å². The number of hydrogen-bond donors (Lipinski definition) is 1. The van der Waals surface area contributed by atoms with Crippen LogP contribution in [0.5, 0.6) is 0 Å². The molecule has 0 aromatic rings. The predicted molar refractivity (Wildman–Crippen MR) is 64.9 cm³/mol. The van der Waals surface area contributed by atoms with Gasteiger partial charge in [-0.25, -0.2) is 9.59 Å². The highest BCUT2D eigenvalue weighted by atomic mass is 16.6. The van der Waals surface area contributed by atoms with Crippen LogP contribution in [-0.2, 0) is 14.3 Å². The van der Waals surface area contributed by atoms with E-state index in [0.29, 0.717) is 11.5 Å². The van der Waals surface area contributed by atoms with Gasteiger partial charge in [-0.15, -0.1) is 0 Å². The number of alkyl carbamates (subject to hydrolysis) is 1. The summed E-state index contributed by atoms with van der Waals surface area (Å²) >= 11 is 0. The second-order valence-corrected chi connectivity index (χ2v) is 5.75. The lowest BCUT2D eigenvalue weighted by Gasteiger charge is -2.24. The fourth-order valence-electron chi connectivity index (χ4n) is 1.82. The molecule has 1 atom stereocenters. The van der Waals surface area contributed by atoms with Crippen LogP contribution in [0.2, 0.25) is 0 Å². The minimum Gasteiger partial charge on any atom is -0.460 e. The molecule has 18 heavy (non-hydrogen) atoms. The van der Waals surface area contributed by atoms with E-state index in [2.05, 4.69) is 5.32 Å². The first kappa shape index (κ1) is 12.9. The van der Waals surface area contributed by atoms with Gasteiger partial charge in [0.25, 0.3) is 0 Å². The van der Waals surface area contributed by atoms with E-state index in [9.17, 15) is 9.59 Å². The van der Waals surface area contributed by atoms with E-state index in [-0.39, 0.29) is 18.6 Å². The van der Waals surface area contributed by atoms with Crippen LogP contribution in [0.1, 0.15) is 33.6 Å². The minimum absolute atomic E-state index is 0.175. The van der Waals surface area contributed by atoms with Crippen LogP contribution in [0.25, 0.3) is 0 Å². The zero-order chi connectivity index (χ0) is 13.3. The molecule has 100 valence electrons. The van der Waals surface area contributed by atoms with Crippen molar-refractivity contribution in [2.24, 2.45) is 5.92 Å². The van der Waals surface area contributed by atoms with E-state index in [0.717, 1.165) is 12.8 Å². The molecular weight excluding hydrogens is 234 g/mol. The Hall–Kier alpha value is -1.52. The Kier molecular flexibility index (Phi) is 3.32.